The van der Waals surface area contributed by atoms with Crippen molar-refractivity contribution < 1.29 is 13.9 Å². The molecular weight excluding hydrogens is 409 g/mol. The van der Waals surface area contributed by atoms with E-state index in [2.05, 4.69) is 5.32 Å². The number of amides is 1. The molecule has 2 aromatic carbocycles. The van der Waals surface area contributed by atoms with Gasteiger partial charge in [-0.05, 0) is 43.0 Å². The standard InChI is InChI=1S/C24H24FN5O2/c25-17-8-2-1-6-15(17)11-12-30-22(26)20(24(31)27-14-16-7-5-13-32-16)21-23(30)29-19-10-4-3-9-18(19)28-21/h1-4,6,8-10,16H,5,7,11-14,26H2,(H,27,31). The maximum Gasteiger partial charge on any atom is 0.257 e. The van der Waals surface area contributed by atoms with E-state index >= 15 is 0 Å². The lowest BCUT2D eigenvalue weighted by molar-refractivity contribution is 0.0859. The molecule has 1 amide bonds. The summed E-state index contributed by atoms with van der Waals surface area (Å²) in [4.78, 5) is 22.6. The van der Waals surface area contributed by atoms with Crippen LogP contribution in [0.15, 0.2) is 48.5 Å². The Morgan fingerprint density at radius 3 is 2.66 bits per heavy atom. The zero-order valence-corrected chi connectivity index (χ0v) is 17.6. The fourth-order valence-electron chi connectivity index (χ4n) is 4.20. The lowest BCUT2D eigenvalue weighted by atomic mass is 10.1. The number of benzene rings is 2. The van der Waals surface area contributed by atoms with Gasteiger partial charge < -0.3 is 20.4 Å². The lowest BCUT2D eigenvalue weighted by Crippen LogP contribution is -2.32. The predicted molar refractivity (Wildman–Crippen MR) is 121 cm³/mol. The molecule has 0 spiro atoms. The molecule has 3 heterocycles. The summed E-state index contributed by atoms with van der Waals surface area (Å²) in [5, 5.41) is 2.93. The summed E-state index contributed by atoms with van der Waals surface area (Å²) < 4.78 is 21.5. The number of aryl methyl sites for hydroxylation is 2. The van der Waals surface area contributed by atoms with E-state index in [1.54, 1.807) is 22.8 Å². The van der Waals surface area contributed by atoms with Crippen LogP contribution in [-0.4, -0.2) is 39.7 Å². The Hall–Kier alpha value is -3.52. The topological polar surface area (TPSA) is 95.1 Å². The first-order valence-electron chi connectivity index (χ1n) is 10.8. The molecule has 0 radical (unpaired) electrons. The molecule has 164 valence electrons. The van der Waals surface area contributed by atoms with Gasteiger partial charge in [-0.3, -0.25) is 4.79 Å². The minimum Gasteiger partial charge on any atom is -0.384 e. The minimum absolute atomic E-state index is 0.0153. The molecule has 7 nitrogen and oxygen atoms in total. The van der Waals surface area contributed by atoms with Crippen molar-refractivity contribution in [2.45, 2.75) is 31.9 Å². The number of nitrogen functional groups attached to an aromatic ring is 1. The van der Waals surface area contributed by atoms with Crippen molar-refractivity contribution in [1.82, 2.24) is 19.9 Å². The maximum atomic E-state index is 14.2. The Morgan fingerprint density at radius 1 is 1.16 bits per heavy atom. The number of halogens is 1. The van der Waals surface area contributed by atoms with Gasteiger partial charge in [0, 0.05) is 19.7 Å². The number of carbonyl (C=O) groups is 1. The van der Waals surface area contributed by atoms with E-state index in [4.69, 9.17) is 20.4 Å². The van der Waals surface area contributed by atoms with Crippen LogP contribution in [0.25, 0.3) is 22.2 Å². The number of anilines is 1. The molecule has 32 heavy (non-hydrogen) atoms. The summed E-state index contributed by atoms with van der Waals surface area (Å²) in [6, 6.07) is 14.1. The van der Waals surface area contributed by atoms with E-state index in [0.717, 1.165) is 19.4 Å². The van der Waals surface area contributed by atoms with Crippen LogP contribution in [0.3, 0.4) is 0 Å². The molecule has 0 saturated carbocycles. The molecule has 8 heteroatoms. The van der Waals surface area contributed by atoms with Crippen LogP contribution >= 0.6 is 0 Å². The highest BCUT2D eigenvalue weighted by Gasteiger charge is 2.25. The highest BCUT2D eigenvalue weighted by molar-refractivity contribution is 6.10. The number of nitrogens with one attached hydrogen (secondary N) is 1. The molecule has 5 rings (SSSR count). The summed E-state index contributed by atoms with van der Waals surface area (Å²) in [5.74, 6) is -0.303. The van der Waals surface area contributed by atoms with Gasteiger partial charge >= 0.3 is 0 Å². The largest absolute Gasteiger partial charge is 0.384 e. The summed E-state index contributed by atoms with van der Waals surface area (Å²) in [6.07, 6.45) is 2.34. The predicted octanol–water partition coefficient (Wildman–Crippen LogP) is 3.46. The number of para-hydroxylation sites is 2. The molecule has 0 aliphatic carbocycles. The summed E-state index contributed by atoms with van der Waals surface area (Å²) in [5.41, 5.74) is 9.68. The Kier molecular flexibility index (Phi) is 5.45. The Balaban J connectivity index is 1.54. The van der Waals surface area contributed by atoms with Crippen molar-refractivity contribution in [1.29, 1.82) is 0 Å². The van der Waals surface area contributed by atoms with Crippen LogP contribution in [-0.2, 0) is 17.7 Å². The highest BCUT2D eigenvalue weighted by atomic mass is 19.1. The number of hydrogen-bond donors (Lipinski definition) is 2. The molecule has 2 aromatic heterocycles. The molecule has 1 fully saturated rings. The van der Waals surface area contributed by atoms with Gasteiger partial charge in [0.1, 0.15) is 22.7 Å². The molecule has 0 bridgehead atoms. The van der Waals surface area contributed by atoms with Gasteiger partial charge in [0.15, 0.2) is 5.65 Å². The monoisotopic (exact) mass is 433 g/mol. The fraction of sp³-hybridized carbons (Fsp3) is 0.292. The molecule has 1 saturated heterocycles. The Bertz CT molecular complexity index is 1300. The number of rotatable bonds is 6. The molecule has 1 aliphatic rings. The zero-order valence-electron chi connectivity index (χ0n) is 17.6. The number of hydrogen-bond acceptors (Lipinski definition) is 5. The van der Waals surface area contributed by atoms with Crippen molar-refractivity contribution in [2.24, 2.45) is 0 Å². The third-order valence-electron chi connectivity index (χ3n) is 5.90. The highest BCUT2D eigenvalue weighted by Crippen LogP contribution is 2.28. The molecule has 4 aromatic rings. The maximum absolute atomic E-state index is 14.2. The molecular formula is C24H24FN5O2. The van der Waals surface area contributed by atoms with Crippen molar-refractivity contribution in [2.75, 3.05) is 18.9 Å². The third kappa shape index (κ3) is 3.78. The molecule has 1 unspecified atom stereocenters. The van der Waals surface area contributed by atoms with Crippen molar-refractivity contribution in [3.63, 3.8) is 0 Å². The Labute approximate surface area is 184 Å². The quantitative estimate of drug-likeness (QED) is 0.486. The van der Waals surface area contributed by atoms with Crippen molar-refractivity contribution >= 4 is 33.9 Å². The zero-order chi connectivity index (χ0) is 22.1. The molecule has 1 aliphatic heterocycles. The van der Waals surface area contributed by atoms with E-state index in [9.17, 15) is 9.18 Å². The normalized spacial score (nSPS) is 16.1. The molecule has 3 N–H and O–H groups in total. The van der Waals surface area contributed by atoms with Gasteiger partial charge in [0.25, 0.3) is 5.91 Å². The molecule has 1 atom stereocenters. The number of nitrogens with zero attached hydrogens (tertiary/aromatic N) is 3. The SMILES string of the molecule is Nc1c(C(=O)NCC2CCCO2)c2nc3ccccc3nc2n1CCc1ccccc1F. The minimum atomic E-state index is -0.308. The van der Waals surface area contributed by atoms with Gasteiger partial charge in [0.2, 0.25) is 0 Å². The van der Waals surface area contributed by atoms with Crippen LogP contribution in [0.5, 0.6) is 0 Å². The van der Waals surface area contributed by atoms with Gasteiger partial charge in [-0.25, -0.2) is 14.4 Å². The average Bonchev–Trinajstić information content (AvgIpc) is 3.41. The van der Waals surface area contributed by atoms with Crippen LogP contribution in [0.2, 0.25) is 0 Å². The first-order valence-corrected chi connectivity index (χ1v) is 10.8. The second kappa shape index (κ2) is 8.55. The first-order chi connectivity index (χ1) is 15.6. The van der Waals surface area contributed by atoms with Crippen LogP contribution in [0.1, 0.15) is 28.8 Å². The summed E-state index contributed by atoms with van der Waals surface area (Å²) in [7, 11) is 0. The lowest BCUT2D eigenvalue weighted by Gasteiger charge is -2.11. The van der Waals surface area contributed by atoms with Crippen molar-refractivity contribution in [3.05, 3.63) is 65.5 Å². The average molecular weight is 433 g/mol. The third-order valence-corrected chi connectivity index (χ3v) is 5.90. The van der Waals surface area contributed by atoms with E-state index < -0.39 is 0 Å². The van der Waals surface area contributed by atoms with E-state index in [1.807, 2.05) is 24.3 Å². The smallest absolute Gasteiger partial charge is 0.257 e. The number of nitrogens with two attached hydrogens (primary N) is 1. The number of carbonyl (C=O) groups excluding carboxylic acids is 1. The van der Waals surface area contributed by atoms with Crippen LogP contribution in [0, 0.1) is 5.82 Å². The number of fused-ring (bicyclic) bond motifs is 2. The fourth-order valence-corrected chi connectivity index (χ4v) is 4.20. The van der Waals surface area contributed by atoms with Gasteiger partial charge in [-0.2, -0.15) is 0 Å². The van der Waals surface area contributed by atoms with Crippen molar-refractivity contribution in [3.8, 4) is 0 Å². The van der Waals surface area contributed by atoms with Gasteiger partial charge in [-0.1, -0.05) is 30.3 Å². The van der Waals surface area contributed by atoms with E-state index in [-0.39, 0.29) is 23.6 Å². The second-order valence-corrected chi connectivity index (χ2v) is 7.98. The number of aromatic nitrogens is 3. The van der Waals surface area contributed by atoms with E-state index in [0.29, 0.717) is 52.8 Å². The second-order valence-electron chi connectivity index (χ2n) is 7.98. The first kappa shape index (κ1) is 20.4. The van der Waals surface area contributed by atoms with Gasteiger partial charge in [-0.15, -0.1) is 0 Å². The summed E-state index contributed by atoms with van der Waals surface area (Å²) in [6.45, 7) is 1.51. The van der Waals surface area contributed by atoms with E-state index in [1.165, 1.54) is 6.07 Å². The number of ether oxygens (including phenoxy) is 1. The van der Waals surface area contributed by atoms with Crippen LogP contribution < -0.4 is 11.1 Å². The Morgan fingerprint density at radius 2 is 1.91 bits per heavy atom. The van der Waals surface area contributed by atoms with Crippen LogP contribution in [0.4, 0.5) is 10.2 Å². The summed E-state index contributed by atoms with van der Waals surface area (Å²) >= 11 is 0. The van der Waals surface area contributed by atoms with Gasteiger partial charge in [0.05, 0.1) is 17.1 Å².